The topological polar surface area (TPSA) is 9.23 Å². The van der Waals surface area contributed by atoms with Crippen molar-refractivity contribution in [2.45, 2.75) is 0 Å². The van der Waals surface area contributed by atoms with Crippen molar-refractivity contribution in [1.29, 1.82) is 0 Å². The largest absolute Gasteiger partial charge is 0.495 e. The molecule has 0 saturated heterocycles. The lowest BCUT2D eigenvalue weighted by atomic mass is 10.2. The summed E-state index contributed by atoms with van der Waals surface area (Å²) in [7, 11) is 1.68. The van der Waals surface area contributed by atoms with Crippen LogP contribution in [-0.2, 0) is 0 Å². The number of ether oxygens (including phenoxy) is 1. The molecule has 0 N–H and O–H groups in total. The van der Waals surface area contributed by atoms with Crippen LogP contribution in [0.5, 0.6) is 5.75 Å². The molecule has 0 bridgehead atoms. The van der Waals surface area contributed by atoms with Crippen molar-refractivity contribution in [3.05, 3.63) is 26.1 Å². The fourth-order valence-corrected chi connectivity index (χ4v) is 2.93. The zero-order chi connectivity index (χ0) is 9.42. The fourth-order valence-electron chi connectivity index (χ4n) is 1.20. The standard InChI is InChI=1S/C9H6ClIOS/c1-12-7-4-6(11)8(10)5-2-3-13-9(5)7/h2-4H,1H3. The van der Waals surface area contributed by atoms with E-state index in [2.05, 4.69) is 22.6 Å². The lowest BCUT2D eigenvalue weighted by Crippen LogP contribution is -1.84. The molecular weight excluding hydrogens is 319 g/mol. The van der Waals surface area contributed by atoms with Gasteiger partial charge in [0.25, 0.3) is 0 Å². The van der Waals surface area contributed by atoms with Gasteiger partial charge >= 0.3 is 0 Å². The third kappa shape index (κ3) is 1.53. The van der Waals surface area contributed by atoms with Gasteiger partial charge < -0.3 is 4.74 Å². The molecule has 0 spiro atoms. The van der Waals surface area contributed by atoms with Crippen molar-refractivity contribution in [2.75, 3.05) is 7.11 Å². The lowest BCUT2D eigenvalue weighted by molar-refractivity contribution is 0.420. The van der Waals surface area contributed by atoms with Gasteiger partial charge in [0.15, 0.2) is 0 Å². The Morgan fingerprint density at radius 1 is 1.54 bits per heavy atom. The number of rotatable bonds is 1. The van der Waals surface area contributed by atoms with E-state index in [0.29, 0.717) is 0 Å². The van der Waals surface area contributed by atoms with Crippen LogP contribution in [0.15, 0.2) is 17.5 Å². The van der Waals surface area contributed by atoms with Crippen molar-refractivity contribution in [3.8, 4) is 5.75 Å². The fraction of sp³-hybridized carbons (Fsp3) is 0.111. The van der Waals surface area contributed by atoms with Gasteiger partial charge in [0.2, 0.25) is 0 Å². The van der Waals surface area contributed by atoms with Crippen molar-refractivity contribution in [2.24, 2.45) is 0 Å². The Bertz CT molecular complexity index is 452. The average molecular weight is 325 g/mol. The Balaban J connectivity index is 2.87. The van der Waals surface area contributed by atoms with Gasteiger partial charge in [0.05, 0.1) is 16.8 Å². The summed E-state index contributed by atoms with van der Waals surface area (Å²) in [6.45, 7) is 0. The van der Waals surface area contributed by atoms with Gasteiger partial charge in [-0.05, 0) is 40.1 Å². The summed E-state index contributed by atoms with van der Waals surface area (Å²) in [5.74, 6) is 0.902. The Morgan fingerprint density at radius 3 is 3.00 bits per heavy atom. The maximum Gasteiger partial charge on any atom is 0.137 e. The van der Waals surface area contributed by atoms with Crippen molar-refractivity contribution in [1.82, 2.24) is 0 Å². The first-order chi connectivity index (χ1) is 6.24. The van der Waals surface area contributed by atoms with Crippen LogP contribution in [0.25, 0.3) is 10.1 Å². The van der Waals surface area contributed by atoms with E-state index in [1.807, 2.05) is 17.5 Å². The molecule has 1 aromatic carbocycles. The summed E-state index contributed by atoms with van der Waals surface area (Å²) in [4.78, 5) is 0. The number of thiophene rings is 1. The summed E-state index contributed by atoms with van der Waals surface area (Å²) in [5, 5.41) is 3.92. The minimum atomic E-state index is 0.817. The first-order valence-corrected chi connectivity index (χ1v) is 5.97. The monoisotopic (exact) mass is 324 g/mol. The molecule has 68 valence electrons. The van der Waals surface area contributed by atoms with E-state index in [9.17, 15) is 0 Å². The predicted molar refractivity (Wildman–Crippen MR) is 66.1 cm³/mol. The predicted octanol–water partition coefficient (Wildman–Crippen LogP) is 4.17. The molecule has 1 heterocycles. The molecule has 0 unspecified atom stereocenters. The first kappa shape index (κ1) is 9.55. The number of benzene rings is 1. The number of methoxy groups -OCH3 is 1. The van der Waals surface area contributed by atoms with E-state index in [-0.39, 0.29) is 0 Å². The van der Waals surface area contributed by atoms with Crippen molar-refractivity contribution in [3.63, 3.8) is 0 Å². The number of halogens is 2. The van der Waals surface area contributed by atoms with E-state index in [1.165, 1.54) is 0 Å². The van der Waals surface area contributed by atoms with Crippen LogP contribution in [-0.4, -0.2) is 7.11 Å². The van der Waals surface area contributed by atoms with Crippen LogP contribution in [0.1, 0.15) is 0 Å². The molecule has 1 nitrogen and oxygen atoms in total. The first-order valence-electron chi connectivity index (χ1n) is 3.63. The second kappa shape index (κ2) is 3.63. The molecule has 0 fully saturated rings. The minimum absolute atomic E-state index is 0.817. The molecule has 0 atom stereocenters. The molecular formula is C9H6ClIOS. The van der Waals surface area contributed by atoms with Gasteiger partial charge in [-0.25, -0.2) is 0 Å². The highest BCUT2D eigenvalue weighted by molar-refractivity contribution is 14.1. The molecule has 0 saturated carbocycles. The van der Waals surface area contributed by atoms with Crippen LogP contribution in [0, 0.1) is 3.57 Å². The maximum atomic E-state index is 6.14. The second-order valence-corrected chi connectivity index (χ2v) is 4.99. The third-order valence-electron chi connectivity index (χ3n) is 1.81. The molecule has 0 aliphatic rings. The molecule has 0 aliphatic heterocycles. The average Bonchev–Trinajstić information content (AvgIpc) is 2.60. The smallest absolute Gasteiger partial charge is 0.137 e. The third-order valence-corrected chi connectivity index (χ3v) is 4.32. The van der Waals surface area contributed by atoms with Gasteiger partial charge in [0, 0.05) is 8.96 Å². The Morgan fingerprint density at radius 2 is 2.31 bits per heavy atom. The maximum absolute atomic E-state index is 6.14. The van der Waals surface area contributed by atoms with Gasteiger partial charge in [-0.2, -0.15) is 0 Å². The quantitative estimate of drug-likeness (QED) is 0.716. The van der Waals surface area contributed by atoms with Crippen LogP contribution >= 0.6 is 45.5 Å². The van der Waals surface area contributed by atoms with Crippen LogP contribution in [0.4, 0.5) is 0 Å². The number of fused-ring (bicyclic) bond motifs is 1. The number of hydrogen-bond acceptors (Lipinski definition) is 2. The molecule has 0 radical (unpaired) electrons. The molecule has 13 heavy (non-hydrogen) atoms. The zero-order valence-corrected chi connectivity index (χ0v) is 10.5. The molecule has 1 aromatic heterocycles. The zero-order valence-electron chi connectivity index (χ0n) is 6.80. The summed E-state index contributed by atoms with van der Waals surface area (Å²) in [6.07, 6.45) is 0. The van der Waals surface area contributed by atoms with E-state index < -0.39 is 0 Å². The van der Waals surface area contributed by atoms with Crippen LogP contribution < -0.4 is 4.74 Å². The van der Waals surface area contributed by atoms with E-state index in [0.717, 1.165) is 24.4 Å². The van der Waals surface area contributed by atoms with Gasteiger partial charge in [-0.3, -0.25) is 0 Å². The lowest BCUT2D eigenvalue weighted by Gasteiger charge is -2.04. The highest BCUT2D eigenvalue weighted by Gasteiger charge is 2.09. The summed E-state index contributed by atoms with van der Waals surface area (Å²) < 4.78 is 7.42. The highest BCUT2D eigenvalue weighted by Crippen LogP contribution is 2.38. The molecule has 0 aliphatic carbocycles. The Labute approximate surface area is 98.8 Å². The van der Waals surface area contributed by atoms with E-state index >= 15 is 0 Å². The summed E-state index contributed by atoms with van der Waals surface area (Å²) in [5.41, 5.74) is 0. The van der Waals surface area contributed by atoms with Gasteiger partial charge in [-0.1, -0.05) is 11.6 Å². The second-order valence-electron chi connectivity index (χ2n) is 2.54. The normalized spacial score (nSPS) is 10.7. The molecule has 0 amide bonds. The van der Waals surface area contributed by atoms with Crippen LogP contribution in [0.2, 0.25) is 5.02 Å². The van der Waals surface area contributed by atoms with Gasteiger partial charge in [0.1, 0.15) is 5.75 Å². The molecule has 2 rings (SSSR count). The Hall–Kier alpha value is -0.000000000000000139. The van der Waals surface area contributed by atoms with Crippen LogP contribution in [0.3, 0.4) is 0 Å². The SMILES string of the molecule is COc1cc(I)c(Cl)c2ccsc12. The van der Waals surface area contributed by atoms with E-state index in [1.54, 1.807) is 18.4 Å². The molecule has 4 heteroatoms. The Kier molecular flexibility index (Phi) is 2.67. The molecule has 2 aromatic rings. The summed E-state index contributed by atoms with van der Waals surface area (Å²) >= 11 is 10.0. The minimum Gasteiger partial charge on any atom is -0.495 e. The summed E-state index contributed by atoms with van der Waals surface area (Å²) in [6, 6.07) is 3.98. The van der Waals surface area contributed by atoms with Gasteiger partial charge in [-0.15, -0.1) is 11.3 Å². The highest BCUT2D eigenvalue weighted by atomic mass is 127. The van der Waals surface area contributed by atoms with Crippen molar-refractivity contribution < 1.29 is 4.74 Å². The number of hydrogen-bond donors (Lipinski definition) is 0. The van der Waals surface area contributed by atoms with E-state index in [4.69, 9.17) is 16.3 Å². The van der Waals surface area contributed by atoms with Crippen molar-refractivity contribution >= 4 is 55.6 Å².